The number of amides is 1. The van der Waals surface area contributed by atoms with E-state index in [-0.39, 0.29) is 28.4 Å². The molecule has 1 aromatic heterocycles. The fourth-order valence-corrected chi connectivity index (χ4v) is 4.72. The summed E-state index contributed by atoms with van der Waals surface area (Å²) in [5, 5.41) is 7.56. The number of halogens is 1. The molecule has 1 saturated carbocycles. The first-order chi connectivity index (χ1) is 13.5. The molecule has 4 rings (SSSR count). The van der Waals surface area contributed by atoms with Crippen molar-refractivity contribution in [2.24, 2.45) is 0 Å². The van der Waals surface area contributed by atoms with Gasteiger partial charge in [0.25, 0.3) is 5.91 Å². The second kappa shape index (κ2) is 7.82. The average Bonchev–Trinajstić information content (AvgIpc) is 3.41. The topological polar surface area (TPSA) is 102 Å². The van der Waals surface area contributed by atoms with E-state index in [0.29, 0.717) is 31.9 Å². The molecule has 1 aromatic carbocycles. The Balaban J connectivity index is 1.48. The first-order valence-corrected chi connectivity index (χ1v) is 11.0. The zero-order valence-corrected chi connectivity index (χ0v) is 16.7. The van der Waals surface area contributed by atoms with Crippen LogP contribution in [0.25, 0.3) is 0 Å². The lowest BCUT2D eigenvalue weighted by molar-refractivity contribution is 0.0922. The van der Waals surface area contributed by atoms with Gasteiger partial charge in [-0.1, -0.05) is 23.7 Å². The van der Waals surface area contributed by atoms with Crippen molar-refractivity contribution < 1.29 is 17.9 Å². The summed E-state index contributed by atoms with van der Waals surface area (Å²) in [5.74, 6) is -0.195. The highest BCUT2D eigenvalue weighted by atomic mass is 35.5. The molecule has 28 heavy (non-hydrogen) atoms. The second-order valence-electron chi connectivity index (χ2n) is 6.88. The van der Waals surface area contributed by atoms with Crippen LogP contribution in [0, 0.1) is 0 Å². The third kappa shape index (κ3) is 4.07. The molecule has 2 aromatic rings. The standard InChI is InChI=1S/C18H21ClN4O4S/c19-14-3-1-2-4-16(14)28(25,26)20-8-9-23-15-7-10-27-11-13(15)17(22-23)18(24)21-12-5-6-12/h1-4,12,20H,5-11H2,(H,21,24). The molecule has 0 radical (unpaired) electrons. The number of aromatic nitrogens is 2. The van der Waals surface area contributed by atoms with E-state index in [9.17, 15) is 13.2 Å². The molecule has 0 saturated heterocycles. The maximum atomic E-state index is 12.5. The predicted octanol–water partition coefficient (Wildman–Crippen LogP) is 1.48. The molecule has 0 unspecified atom stereocenters. The van der Waals surface area contributed by atoms with Crippen LogP contribution in [0.3, 0.4) is 0 Å². The van der Waals surface area contributed by atoms with Gasteiger partial charge in [-0.15, -0.1) is 0 Å². The SMILES string of the molecule is O=C(NC1CC1)c1nn(CCNS(=O)(=O)c2ccccc2Cl)c2c1COCC2. The van der Waals surface area contributed by atoms with Gasteiger partial charge in [-0.2, -0.15) is 5.10 Å². The molecule has 2 aliphatic rings. The van der Waals surface area contributed by atoms with Gasteiger partial charge in [-0.05, 0) is 25.0 Å². The van der Waals surface area contributed by atoms with Crippen molar-refractivity contribution >= 4 is 27.5 Å². The van der Waals surface area contributed by atoms with Gasteiger partial charge >= 0.3 is 0 Å². The lowest BCUT2D eigenvalue weighted by atomic mass is 10.1. The van der Waals surface area contributed by atoms with Gasteiger partial charge in [-0.3, -0.25) is 9.48 Å². The number of benzene rings is 1. The summed E-state index contributed by atoms with van der Waals surface area (Å²) in [6.45, 7) is 1.33. The largest absolute Gasteiger partial charge is 0.376 e. The van der Waals surface area contributed by atoms with Crippen molar-refractivity contribution in [3.8, 4) is 0 Å². The summed E-state index contributed by atoms with van der Waals surface area (Å²) < 4.78 is 34.7. The van der Waals surface area contributed by atoms with Crippen LogP contribution in [0.1, 0.15) is 34.6 Å². The third-order valence-electron chi connectivity index (χ3n) is 4.77. The highest BCUT2D eigenvalue weighted by molar-refractivity contribution is 7.89. The van der Waals surface area contributed by atoms with Crippen LogP contribution in [0.5, 0.6) is 0 Å². The van der Waals surface area contributed by atoms with E-state index in [2.05, 4.69) is 15.1 Å². The Bertz CT molecular complexity index is 1000. The quantitative estimate of drug-likeness (QED) is 0.700. The Hall–Kier alpha value is -1.94. The maximum absolute atomic E-state index is 12.5. The Labute approximate surface area is 168 Å². The smallest absolute Gasteiger partial charge is 0.272 e. The van der Waals surface area contributed by atoms with Gasteiger partial charge in [0.15, 0.2) is 5.69 Å². The van der Waals surface area contributed by atoms with E-state index < -0.39 is 10.0 Å². The number of hydrogen-bond acceptors (Lipinski definition) is 5. The van der Waals surface area contributed by atoms with Crippen LogP contribution < -0.4 is 10.0 Å². The van der Waals surface area contributed by atoms with Crippen LogP contribution >= 0.6 is 11.6 Å². The maximum Gasteiger partial charge on any atom is 0.272 e. The first kappa shape index (κ1) is 19.4. The van der Waals surface area contributed by atoms with Crippen LogP contribution in [0.2, 0.25) is 5.02 Å². The Morgan fingerprint density at radius 1 is 1.32 bits per heavy atom. The first-order valence-electron chi connectivity index (χ1n) is 9.17. The summed E-state index contributed by atoms with van der Waals surface area (Å²) in [6.07, 6.45) is 2.63. The summed E-state index contributed by atoms with van der Waals surface area (Å²) in [6, 6.07) is 6.52. The highest BCUT2D eigenvalue weighted by Gasteiger charge is 2.29. The van der Waals surface area contributed by atoms with Crippen molar-refractivity contribution in [1.29, 1.82) is 0 Å². The van der Waals surface area contributed by atoms with Gasteiger partial charge in [-0.25, -0.2) is 13.1 Å². The summed E-state index contributed by atoms with van der Waals surface area (Å²) >= 11 is 5.99. The normalized spacial score (nSPS) is 16.6. The van der Waals surface area contributed by atoms with Crippen LogP contribution in [0.15, 0.2) is 29.2 Å². The zero-order valence-electron chi connectivity index (χ0n) is 15.2. The fraction of sp³-hybridized carbons (Fsp3) is 0.444. The molecule has 0 bridgehead atoms. The van der Waals surface area contributed by atoms with E-state index >= 15 is 0 Å². The van der Waals surface area contributed by atoms with Gasteiger partial charge in [0.05, 0.1) is 24.8 Å². The number of rotatable bonds is 7. The molecule has 0 atom stereocenters. The van der Waals surface area contributed by atoms with E-state index in [1.807, 2.05) is 0 Å². The van der Waals surface area contributed by atoms with Crippen molar-refractivity contribution in [1.82, 2.24) is 19.8 Å². The molecule has 150 valence electrons. The minimum atomic E-state index is -3.73. The minimum absolute atomic E-state index is 0.0389. The van der Waals surface area contributed by atoms with E-state index in [1.165, 1.54) is 12.1 Å². The van der Waals surface area contributed by atoms with Crippen molar-refractivity contribution in [2.75, 3.05) is 13.2 Å². The van der Waals surface area contributed by atoms with Gasteiger partial charge < -0.3 is 10.1 Å². The van der Waals surface area contributed by atoms with Crippen molar-refractivity contribution in [3.05, 3.63) is 46.2 Å². The number of carbonyl (C=O) groups excluding carboxylic acids is 1. The molecular weight excluding hydrogens is 404 g/mol. The molecular formula is C18H21ClN4O4S. The van der Waals surface area contributed by atoms with E-state index in [4.69, 9.17) is 16.3 Å². The Kier molecular flexibility index (Phi) is 5.42. The monoisotopic (exact) mass is 424 g/mol. The Morgan fingerprint density at radius 2 is 2.11 bits per heavy atom. The van der Waals surface area contributed by atoms with Gasteiger partial charge in [0.2, 0.25) is 10.0 Å². The number of fused-ring (bicyclic) bond motifs is 1. The summed E-state index contributed by atoms with van der Waals surface area (Å²) in [5.41, 5.74) is 2.08. The van der Waals surface area contributed by atoms with Crippen LogP contribution in [0.4, 0.5) is 0 Å². The van der Waals surface area contributed by atoms with E-state index in [1.54, 1.807) is 16.8 Å². The molecule has 2 N–H and O–H groups in total. The molecule has 10 heteroatoms. The zero-order chi connectivity index (χ0) is 19.7. The van der Waals surface area contributed by atoms with Gasteiger partial charge in [0.1, 0.15) is 4.90 Å². The molecule has 0 spiro atoms. The molecule has 1 fully saturated rings. The number of hydrogen-bond donors (Lipinski definition) is 2. The molecule has 1 aliphatic carbocycles. The summed E-state index contributed by atoms with van der Waals surface area (Å²) in [4.78, 5) is 12.5. The van der Waals surface area contributed by atoms with Crippen molar-refractivity contribution in [3.63, 3.8) is 0 Å². The molecule has 8 nitrogen and oxygen atoms in total. The number of nitrogens with one attached hydrogen (secondary N) is 2. The molecule has 1 aliphatic heterocycles. The van der Waals surface area contributed by atoms with Gasteiger partial charge in [0, 0.05) is 30.3 Å². The van der Waals surface area contributed by atoms with Crippen LogP contribution in [-0.4, -0.2) is 43.3 Å². The third-order valence-corrected chi connectivity index (χ3v) is 6.73. The fourth-order valence-electron chi connectivity index (χ4n) is 3.18. The summed E-state index contributed by atoms with van der Waals surface area (Å²) in [7, 11) is -3.73. The van der Waals surface area contributed by atoms with Crippen LogP contribution in [-0.2, 0) is 34.3 Å². The predicted molar refractivity (Wildman–Crippen MR) is 103 cm³/mol. The second-order valence-corrected chi connectivity index (χ2v) is 9.02. The lowest BCUT2D eigenvalue weighted by Gasteiger charge is -2.15. The van der Waals surface area contributed by atoms with E-state index in [0.717, 1.165) is 24.1 Å². The lowest BCUT2D eigenvalue weighted by Crippen LogP contribution is -2.29. The van der Waals surface area contributed by atoms with Crippen molar-refractivity contribution in [2.45, 2.75) is 43.4 Å². The minimum Gasteiger partial charge on any atom is -0.376 e. The average molecular weight is 425 g/mol. The Morgan fingerprint density at radius 3 is 2.86 bits per heavy atom. The highest BCUT2D eigenvalue weighted by Crippen LogP contribution is 2.24. The number of sulfonamides is 1. The molecule has 1 amide bonds. The number of ether oxygens (including phenoxy) is 1. The number of carbonyl (C=O) groups is 1. The number of nitrogens with zero attached hydrogens (tertiary/aromatic N) is 2. The molecule has 2 heterocycles.